The van der Waals surface area contributed by atoms with Crippen molar-refractivity contribution in [3.63, 3.8) is 0 Å². The van der Waals surface area contributed by atoms with E-state index in [2.05, 4.69) is 63.6 Å². The molecule has 0 atom stereocenters. The van der Waals surface area contributed by atoms with Crippen molar-refractivity contribution in [2.75, 3.05) is 6.61 Å². The van der Waals surface area contributed by atoms with Gasteiger partial charge in [-0.1, -0.05) is 30.3 Å². The highest BCUT2D eigenvalue weighted by Gasteiger charge is 2.49. The smallest absolute Gasteiger partial charge is 0.0686 e. The average molecular weight is 273 g/mol. The minimum atomic E-state index is -0.0848. The molecule has 2 heteroatoms. The minimum absolute atomic E-state index is 0.0848. The zero-order valence-corrected chi connectivity index (χ0v) is 13.3. The molecular weight excluding hydrogens is 246 g/mol. The fraction of sp³-hybridized carbons (Fsp3) is 0.556. The van der Waals surface area contributed by atoms with E-state index in [0.717, 1.165) is 25.9 Å². The van der Waals surface area contributed by atoms with Gasteiger partial charge in [0.05, 0.1) is 17.7 Å². The molecule has 1 heterocycles. The number of rotatable bonds is 6. The van der Waals surface area contributed by atoms with Gasteiger partial charge in [-0.2, -0.15) is 5.06 Å². The van der Waals surface area contributed by atoms with Gasteiger partial charge in [0.1, 0.15) is 0 Å². The Morgan fingerprint density at radius 2 is 1.60 bits per heavy atom. The Bertz CT molecular complexity index is 441. The number of benzene rings is 1. The normalized spacial score (nSPS) is 19.8. The van der Waals surface area contributed by atoms with Crippen molar-refractivity contribution in [3.8, 4) is 0 Å². The Hall–Kier alpha value is -1.12. The molecule has 0 bridgehead atoms. The first-order valence-corrected chi connectivity index (χ1v) is 7.56. The van der Waals surface area contributed by atoms with Crippen LogP contribution in [0.3, 0.4) is 0 Å². The Morgan fingerprint density at radius 1 is 1.05 bits per heavy atom. The number of allylic oxidation sites excluding steroid dienone is 1. The second-order valence-electron chi connectivity index (χ2n) is 6.58. The standard InChI is InChI=1S/C18H27NO/c1-6-7-8-11-14-20-19-17(2,3)15-12-9-10-13-16(15)18(19,4)5/h6,9-10,12-13H,1,7-8,11,14H2,2-5H3. The van der Waals surface area contributed by atoms with Crippen LogP contribution in [0.2, 0.25) is 0 Å². The molecule has 1 aliphatic rings. The van der Waals surface area contributed by atoms with Crippen LogP contribution in [0.5, 0.6) is 0 Å². The van der Waals surface area contributed by atoms with Gasteiger partial charge in [-0.3, -0.25) is 4.84 Å². The largest absolute Gasteiger partial charge is 0.297 e. The summed E-state index contributed by atoms with van der Waals surface area (Å²) in [5.41, 5.74) is 2.57. The number of hydroxylamine groups is 2. The fourth-order valence-electron chi connectivity index (χ4n) is 3.34. The number of hydrogen-bond donors (Lipinski definition) is 0. The predicted molar refractivity (Wildman–Crippen MR) is 84.3 cm³/mol. The highest BCUT2D eigenvalue weighted by Crippen LogP contribution is 2.49. The third kappa shape index (κ3) is 2.55. The summed E-state index contributed by atoms with van der Waals surface area (Å²) < 4.78 is 0. The SMILES string of the molecule is C=CCCCCON1C(C)(C)c2ccccc2C1(C)C. The quantitative estimate of drug-likeness (QED) is 0.547. The summed E-state index contributed by atoms with van der Waals surface area (Å²) in [6.45, 7) is 13.5. The third-order valence-corrected chi connectivity index (χ3v) is 4.28. The highest BCUT2D eigenvalue weighted by molar-refractivity contribution is 5.42. The minimum Gasteiger partial charge on any atom is -0.297 e. The fourth-order valence-corrected chi connectivity index (χ4v) is 3.34. The summed E-state index contributed by atoms with van der Waals surface area (Å²) in [5.74, 6) is 0. The van der Waals surface area contributed by atoms with Gasteiger partial charge in [-0.25, -0.2) is 0 Å². The molecule has 1 aliphatic heterocycles. The topological polar surface area (TPSA) is 12.5 Å². The van der Waals surface area contributed by atoms with E-state index in [1.807, 2.05) is 6.08 Å². The molecule has 1 aromatic carbocycles. The lowest BCUT2D eigenvalue weighted by atomic mass is 9.91. The first kappa shape index (κ1) is 15.3. The molecule has 110 valence electrons. The summed E-state index contributed by atoms with van der Waals surface area (Å²) in [6.07, 6.45) is 5.26. The van der Waals surface area contributed by atoms with Crippen LogP contribution in [0, 0.1) is 0 Å². The van der Waals surface area contributed by atoms with E-state index >= 15 is 0 Å². The molecule has 0 spiro atoms. The number of nitrogens with zero attached hydrogens (tertiary/aromatic N) is 1. The first-order chi connectivity index (χ1) is 9.42. The van der Waals surface area contributed by atoms with E-state index < -0.39 is 0 Å². The number of unbranched alkanes of at least 4 members (excludes halogenated alkanes) is 2. The van der Waals surface area contributed by atoms with Crippen LogP contribution in [0.4, 0.5) is 0 Å². The molecular formula is C18H27NO. The maximum Gasteiger partial charge on any atom is 0.0686 e. The monoisotopic (exact) mass is 273 g/mol. The molecule has 0 N–H and O–H groups in total. The summed E-state index contributed by atoms with van der Waals surface area (Å²) in [4.78, 5) is 6.16. The second kappa shape index (κ2) is 5.71. The van der Waals surface area contributed by atoms with Crippen LogP contribution in [0.15, 0.2) is 36.9 Å². The molecule has 2 nitrogen and oxygen atoms in total. The summed E-state index contributed by atoms with van der Waals surface area (Å²) in [5, 5.41) is 2.18. The van der Waals surface area contributed by atoms with E-state index in [4.69, 9.17) is 4.84 Å². The molecule has 1 aromatic rings. The van der Waals surface area contributed by atoms with Gasteiger partial charge in [0.15, 0.2) is 0 Å². The molecule has 2 rings (SSSR count). The van der Waals surface area contributed by atoms with Crippen LogP contribution < -0.4 is 0 Å². The van der Waals surface area contributed by atoms with Crippen LogP contribution in [0.1, 0.15) is 58.1 Å². The average Bonchev–Trinajstić information content (AvgIpc) is 2.56. The van der Waals surface area contributed by atoms with Crippen molar-refractivity contribution < 1.29 is 4.84 Å². The molecule has 0 aromatic heterocycles. The molecule has 0 amide bonds. The van der Waals surface area contributed by atoms with Crippen LogP contribution in [-0.4, -0.2) is 11.7 Å². The van der Waals surface area contributed by atoms with Gasteiger partial charge in [0.2, 0.25) is 0 Å². The maximum atomic E-state index is 6.16. The predicted octanol–water partition coefficient (Wildman–Crippen LogP) is 4.76. The lowest BCUT2D eigenvalue weighted by Gasteiger charge is -2.39. The third-order valence-electron chi connectivity index (χ3n) is 4.28. The zero-order valence-electron chi connectivity index (χ0n) is 13.3. The van der Waals surface area contributed by atoms with Gasteiger partial charge in [0, 0.05) is 0 Å². The van der Waals surface area contributed by atoms with E-state index in [-0.39, 0.29) is 11.1 Å². The van der Waals surface area contributed by atoms with Crippen molar-refractivity contribution in [2.45, 2.75) is 58.0 Å². The van der Waals surface area contributed by atoms with E-state index in [1.54, 1.807) is 0 Å². The van der Waals surface area contributed by atoms with Crippen molar-refractivity contribution in [1.29, 1.82) is 0 Å². The number of fused-ring (bicyclic) bond motifs is 1. The summed E-state index contributed by atoms with van der Waals surface area (Å²) in [6, 6.07) is 8.67. The zero-order chi connectivity index (χ0) is 14.8. The van der Waals surface area contributed by atoms with E-state index in [1.165, 1.54) is 11.1 Å². The molecule has 20 heavy (non-hydrogen) atoms. The molecule has 0 fully saturated rings. The maximum absolute atomic E-state index is 6.16. The van der Waals surface area contributed by atoms with E-state index in [9.17, 15) is 0 Å². The molecule has 0 aliphatic carbocycles. The first-order valence-electron chi connectivity index (χ1n) is 7.56. The molecule has 0 saturated carbocycles. The van der Waals surface area contributed by atoms with Crippen molar-refractivity contribution in [1.82, 2.24) is 5.06 Å². The van der Waals surface area contributed by atoms with E-state index in [0.29, 0.717) is 0 Å². The van der Waals surface area contributed by atoms with Gasteiger partial charge in [-0.05, 0) is 58.1 Å². The molecule has 0 radical (unpaired) electrons. The molecule has 0 saturated heterocycles. The van der Waals surface area contributed by atoms with Gasteiger partial charge in [-0.15, -0.1) is 6.58 Å². The Kier molecular flexibility index (Phi) is 4.36. The highest BCUT2D eigenvalue weighted by atomic mass is 16.7. The summed E-state index contributed by atoms with van der Waals surface area (Å²) in [7, 11) is 0. The lowest BCUT2D eigenvalue weighted by Crippen LogP contribution is -2.45. The Morgan fingerprint density at radius 3 is 2.10 bits per heavy atom. The number of hydrogen-bond acceptors (Lipinski definition) is 2. The van der Waals surface area contributed by atoms with Gasteiger partial charge >= 0.3 is 0 Å². The van der Waals surface area contributed by atoms with Gasteiger partial charge in [0.25, 0.3) is 0 Å². The van der Waals surface area contributed by atoms with Crippen LogP contribution in [0.25, 0.3) is 0 Å². The van der Waals surface area contributed by atoms with Crippen LogP contribution in [-0.2, 0) is 15.9 Å². The van der Waals surface area contributed by atoms with Crippen molar-refractivity contribution >= 4 is 0 Å². The van der Waals surface area contributed by atoms with Crippen LogP contribution >= 0.6 is 0 Å². The summed E-state index contributed by atoms with van der Waals surface area (Å²) >= 11 is 0. The lowest BCUT2D eigenvalue weighted by molar-refractivity contribution is -0.261. The van der Waals surface area contributed by atoms with Crippen molar-refractivity contribution in [2.24, 2.45) is 0 Å². The van der Waals surface area contributed by atoms with Gasteiger partial charge < -0.3 is 0 Å². The Labute approximate surface area is 123 Å². The second-order valence-corrected chi connectivity index (χ2v) is 6.58. The Balaban J connectivity index is 2.12. The van der Waals surface area contributed by atoms with Crippen molar-refractivity contribution in [3.05, 3.63) is 48.0 Å². The molecule has 0 unspecified atom stereocenters.